The molecule has 7 nitrogen and oxygen atoms in total. The summed E-state index contributed by atoms with van der Waals surface area (Å²) >= 11 is 9.54. The lowest BCUT2D eigenvalue weighted by Gasteiger charge is -2.31. The number of thiol groups is 2. The van der Waals surface area contributed by atoms with Crippen molar-refractivity contribution in [1.82, 2.24) is 0 Å². The fourth-order valence-electron chi connectivity index (χ4n) is 3.06. The molecule has 0 radical (unpaired) electrons. The first-order valence-electron chi connectivity index (χ1n) is 12.6. The van der Waals surface area contributed by atoms with Gasteiger partial charge in [0.05, 0.1) is 24.7 Å². The SMILES string of the molecule is CCC(COC(=O)CCS)(COC(=O)CCS)COC(=O)CCSC.O=C(c1ccccc1)c1ccccc1. The number of carbonyl (C=O) groups excluding carboxylic acids is 4. The van der Waals surface area contributed by atoms with E-state index < -0.39 is 5.41 Å². The number of carbonyl (C=O) groups is 4. The van der Waals surface area contributed by atoms with Crippen LogP contribution < -0.4 is 0 Å². The smallest absolute Gasteiger partial charge is 0.306 e. The molecule has 2 rings (SSSR count). The maximum absolute atomic E-state index is 11.8. The summed E-state index contributed by atoms with van der Waals surface area (Å²) < 4.78 is 15.8. The molecule has 0 saturated heterocycles. The highest BCUT2D eigenvalue weighted by Gasteiger charge is 2.34. The van der Waals surface area contributed by atoms with Gasteiger partial charge >= 0.3 is 17.9 Å². The standard InChI is InChI=1S/C16H28O6S3.C13H10O/c1-3-16(10-20-13(17)4-7-23,11-21-14(18)5-8-24)12-22-15(19)6-9-25-2;14-13(11-7-3-1-4-8-11)12-9-5-2-6-10-12/h23-24H,3-12H2,1-2H3;1-10H. The Hall–Kier alpha value is -2.43. The Balaban J connectivity index is 0.000000451. The van der Waals surface area contributed by atoms with Crippen molar-refractivity contribution in [3.8, 4) is 0 Å². The van der Waals surface area contributed by atoms with Gasteiger partial charge in [-0.1, -0.05) is 67.6 Å². The molecule has 0 saturated carbocycles. The molecule has 10 heteroatoms. The van der Waals surface area contributed by atoms with Gasteiger partial charge in [0, 0.05) is 28.4 Å². The summed E-state index contributed by atoms with van der Waals surface area (Å²) in [5, 5.41) is 0. The van der Waals surface area contributed by atoms with Gasteiger partial charge in [-0.3, -0.25) is 19.2 Å². The Morgan fingerprint density at radius 3 is 1.41 bits per heavy atom. The number of hydrogen-bond donors (Lipinski definition) is 2. The number of thioether (sulfide) groups is 1. The van der Waals surface area contributed by atoms with Crippen LogP contribution in [0.1, 0.15) is 48.5 Å². The average Bonchev–Trinajstić information content (AvgIpc) is 2.97. The Bertz CT molecular complexity index is 937. The quantitative estimate of drug-likeness (QED) is 0.117. The lowest BCUT2D eigenvalue weighted by molar-refractivity contribution is -0.161. The highest BCUT2D eigenvalue weighted by molar-refractivity contribution is 7.98. The van der Waals surface area contributed by atoms with Gasteiger partial charge in [-0.15, -0.1) is 0 Å². The van der Waals surface area contributed by atoms with Crippen LogP contribution in [0.15, 0.2) is 60.7 Å². The van der Waals surface area contributed by atoms with Crippen LogP contribution >= 0.6 is 37.0 Å². The second-order valence-corrected chi connectivity index (χ2v) is 10.5. The maximum atomic E-state index is 11.8. The number of rotatable bonds is 16. The third-order valence-corrected chi connectivity index (χ3v) is 6.64. The van der Waals surface area contributed by atoms with Crippen LogP contribution in [0.2, 0.25) is 0 Å². The van der Waals surface area contributed by atoms with Gasteiger partial charge in [-0.2, -0.15) is 37.0 Å². The molecule has 0 spiro atoms. The molecule has 214 valence electrons. The highest BCUT2D eigenvalue weighted by atomic mass is 32.2. The van der Waals surface area contributed by atoms with Gasteiger partial charge in [0.25, 0.3) is 0 Å². The largest absolute Gasteiger partial charge is 0.465 e. The molecule has 0 aliphatic rings. The second kappa shape index (κ2) is 20.5. The molecular weight excluding hydrogens is 557 g/mol. The Labute approximate surface area is 246 Å². The van der Waals surface area contributed by atoms with Crippen molar-refractivity contribution in [3.05, 3.63) is 71.8 Å². The summed E-state index contributed by atoms with van der Waals surface area (Å²) in [4.78, 5) is 46.9. The van der Waals surface area contributed by atoms with E-state index in [9.17, 15) is 19.2 Å². The molecule has 0 aliphatic heterocycles. The molecule has 0 aromatic heterocycles. The van der Waals surface area contributed by atoms with Crippen molar-refractivity contribution in [2.75, 3.05) is 43.3 Å². The van der Waals surface area contributed by atoms with E-state index in [0.717, 1.165) is 11.1 Å². The van der Waals surface area contributed by atoms with Gasteiger partial charge in [0.1, 0.15) is 19.8 Å². The van der Waals surface area contributed by atoms with Crippen molar-refractivity contribution in [1.29, 1.82) is 0 Å². The maximum Gasteiger partial charge on any atom is 0.306 e. The zero-order chi connectivity index (χ0) is 28.9. The minimum absolute atomic E-state index is 0.0140. The summed E-state index contributed by atoms with van der Waals surface area (Å²) in [7, 11) is 0. The molecule has 0 aliphatic carbocycles. The van der Waals surface area contributed by atoms with Crippen LogP contribution in [-0.4, -0.2) is 67.0 Å². The van der Waals surface area contributed by atoms with Crippen LogP contribution in [-0.2, 0) is 28.6 Å². The first kappa shape index (κ1) is 34.6. The number of esters is 3. The third-order valence-electron chi connectivity index (χ3n) is 5.58. The number of benzene rings is 2. The molecule has 0 heterocycles. The Kier molecular flexibility index (Phi) is 18.2. The van der Waals surface area contributed by atoms with E-state index in [4.69, 9.17) is 14.2 Å². The van der Waals surface area contributed by atoms with Crippen LogP contribution in [0.25, 0.3) is 0 Å². The fourth-order valence-corrected chi connectivity index (χ4v) is 3.80. The van der Waals surface area contributed by atoms with E-state index in [1.165, 1.54) is 0 Å². The topological polar surface area (TPSA) is 96.0 Å². The van der Waals surface area contributed by atoms with Crippen LogP contribution in [0, 0.1) is 5.41 Å². The fraction of sp³-hybridized carbons (Fsp3) is 0.448. The first-order chi connectivity index (χ1) is 18.8. The zero-order valence-corrected chi connectivity index (χ0v) is 25.1. The number of ether oxygens (including phenoxy) is 3. The molecule has 0 atom stereocenters. The second-order valence-electron chi connectivity index (χ2n) is 8.59. The lowest BCUT2D eigenvalue weighted by atomic mass is 9.88. The summed E-state index contributed by atoms with van der Waals surface area (Å²) in [5.74, 6) is 0.427. The van der Waals surface area contributed by atoms with Crippen LogP contribution in [0.3, 0.4) is 0 Å². The molecule has 2 aromatic carbocycles. The average molecular weight is 595 g/mol. The van der Waals surface area contributed by atoms with Crippen molar-refractivity contribution in [2.45, 2.75) is 32.6 Å². The van der Waals surface area contributed by atoms with Crippen molar-refractivity contribution in [3.63, 3.8) is 0 Å². The van der Waals surface area contributed by atoms with Crippen molar-refractivity contribution < 1.29 is 33.4 Å². The van der Waals surface area contributed by atoms with Gasteiger partial charge < -0.3 is 14.2 Å². The predicted molar refractivity (Wildman–Crippen MR) is 162 cm³/mol. The van der Waals surface area contributed by atoms with Crippen molar-refractivity contribution >= 4 is 60.7 Å². The highest BCUT2D eigenvalue weighted by Crippen LogP contribution is 2.25. The molecule has 2 aromatic rings. The minimum atomic E-state index is -0.756. The summed E-state index contributed by atoms with van der Waals surface area (Å²) in [5.41, 5.74) is 0.713. The van der Waals surface area contributed by atoms with E-state index in [1.807, 2.05) is 73.8 Å². The number of hydrogen-bond acceptors (Lipinski definition) is 10. The molecular formula is C29H38O7S3. The molecule has 0 N–H and O–H groups in total. The molecule has 0 unspecified atom stereocenters. The molecule has 39 heavy (non-hydrogen) atoms. The van der Waals surface area contributed by atoms with E-state index >= 15 is 0 Å². The monoisotopic (exact) mass is 594 g/mol. The Morgan fingerprint density at radius 2 is 1.08 bits per heavy atom. The number of ketones is 1. The van der Waals surface area contributed by atoms with E-state index in [0.29, 0.717) is 30.1 Å². The summed E-state index contributed by atoms with van der Waals surface area (Å²) in [6, 6.07) is 18.6. The minimum Gasteiger partial charge on any atom is -0.465 e. The van der Waals surface area contributed by atoms with Crippen molar-refractivity contribution in [2.24, 2.45) is 5.41 Å². The van der Waals surface area contributed by atoms with Crippen LogP contribution in [0.5, 0.6) is 0 Å². The Morgan fingerprint density at radius 1 is 0.692 bits per heavy atom. The van der Waals surface area contributed by atoms with Gasteiger partial charge in [0.2, 0.25) is 0 Å². The summed E-state index contributed by atoms with van der Waals surface area (Å²) in [6.07, 6.45) is 3.11. The first-order valence-corrected chi connectivity index (χ1v) is 15.3. The normalized spacial score (nSPS) is 10.6. The van der Waals surface area contributed by atoms with Crippen LogP contribution in [0.4, 0.5) is 0 Å². The zero-order valence-electron chi connectivity index (χ0n) is 22.5. The molecule has 0 amide bonds. The van der Waals surface area contributed by atoms with E-state index in [2.05, 4.69) is 25.3 Å². The lowest BCUT2D eigenvalue weighted by Crippen LogP contribution is -2.39. The van der Waals surface area contributed by atoms with Gasteiger partial charge in [-0.05, 0) is 12.7 Å². The third kappa shape index (κ3) is 14.5. The van der Waals surface area contributed by atoms with Gasteiger partial charge in [-0.25, -0.2) is 0 Å². The molecule has 0 fully saturated rings. The summed E-state index contributed by atoms with van der Waals surface area (Å²) in [6.45, 7) is 1.92. The van der Waals surface area contributed by atoms with E-state index in [1.54, 1.807) is 11.8 Å². The molecule has 0 bridgehead atoms. The predicted octanol–water partition coefficient (Wildman–Crippen LogP) is 5.32. The van der Waals surface area contributed by atoms with E-state index in [-0.39, 0.29) is 56.4 Å². The van der Waals surface area contributed by atoms with Gasteiger partial charge in [0.15, 0.2) is 5.78 Å².